The van der Waals surface area contributed by atoms with E-state index in [4.69, 9.17) is 34.8 Å². The number of benzene rings is 2. The third kappa shape index (κ3) is 6.03. The standard InChI is InChI=1S/C28H27Cl3N2O3/c1-28(17-25(34)35)16-23(19-5-2-6-21(30)15-19)26(18-10-12-20(29)13-11-18)33(27(28)36)14-4-8-22-7-3-9-24(31)32-22/h2-3,5-7,9-13,15,23,26H,4,8,14,16-17H2,1H3,(H,34,35). The predicted molar refractivity (Wildman–Crippen MR) is 143 cm³/mol. The van der Waals surface area contributed by atoms with Gasteiger partial charge in [0, 0.05) is 28.2 Å². The van der Waals surface area contributed by atoms with Gasteiger partial charge in [0.15, 0.2) is 0 Å². The van der Waals surface area contributed by atoms with Crippen molar-refractivity contribution < 1.29 is 14.7 Å². The molecule has 188 valence electrons. The van der Waals surface area contributed by atoms with Crippen molar-refractivity contribution in [1.29, 1.82) is 0 Å². The van der Waals surface area contributed by atoms with Gasteiger partial charge >= 0.3 is 5.97 Å². The predicted octanol–water partition coefficient (Wildman–Crippen LogP) is 7.21. The van der Waals surface area contributed by atoms with E-state index in [0.29, 0.717) is 41.0 Å². The lowest BCUT2D eigenvalue weighted by Crippen LogP contribution is -2.52. The third-order valence-electron chi connectivity index (χ3n) is 6.80. The summed E-state index contributed by atoms with van der Waals surface area (Å²) in [6, 6.07) is 20.3. The Morgan fingerprint density at radius 3 is 2.42 bits per heavy atom. The lowest BCUT2D eigenvalue weighted by atomic mass is 9.67. The maximum atomic E-state index is 13.9. The number of nitrogens with zero attached hydrogens (tertiary/aromatic N) is 2. The van der Waals surface area contributed by atoms with Crippen LogP contribution in [0.25, 0.3) is 0 Å². The summed E-state index contributed by atoms with van der Waals surface area (Å²) >= 11 is 18.6. The summed E-state index contributed by atoms with van der Waals surface area (Å²) in [6.07, 6.45) is 1.42. The first-order valence-corrected chi connectivity index (χ1v) is 12.9. The number of rotatable bonds is 8. The third-order valence-corrected chi connectivity index (χ3v) is 7.50. The molecule has 0 bridgehead atoms. The van der Waals surface area contributed by atoms with Gasteiger partial charge in [-0.2, -0.15) is 0 Å². The number of likely N-dealkylation sites (tertiary alicyclic amines) is 1. The van der Waals surface area contributed by atoms with Crippen LogP contribution in [0.4, 0.5) is 0 Å². The van der Waals surface area contributed by atoms with E-state index in [1.165, 1.54) is 0 Å². The van der Waals surface area contributed by atoms with Crippen LogP contribution in [0, 0.1) is 5.41 Å². The second kappa shape index (κ2) is 11.2. The zero-order valence-electron chi connectivity index (χ0n) is 19.8. The smallest absolute Gasteiger partial charge is 0.304 e. The highest BCUT2D eigenvalue weighted by atomic mass is 35.5. The minimum absolute atomic E-state index is 0.156. The lowest BCUT2D eigenvalue weighted by Gasteiger charge is -2.49. The highest BCUT2D eigenvalue weighted by molar-refractivity contribution is 6.31. The number of halogens is 3. The zero-order chi connectivity index (χ0) is 25.9. The summed E-state index contributed by atoms with van der Waals surface area (Å²) in [7, 11) is 0. The molecule has 1 aliphatic rings. The largest absolute Gasteiger partial charge is 0.481 e. The Balaban J connectivity index is 1.74. The van der Waals surface area contributed by atoms with Gasteiger partial charge in [0.05, 0.1) is 17.9 Å². The van der Waals surface area contributed by atoms with Crippen molar-refractivity contribution in [1.82, 2.24) is 9.88 Å². The monoisotopic (exact) mass is 544 g/mol. The van der Waals surface area contributed by atoms with E-state index >= 15 is 0 Å². The molecular formula is C28H27Cl3N2O3. The van der Waals surface area contributed by atoms with Gasteiger partial charge in [-0.05, 0) is 66.8 Å². The topological polar surface area (TPSA) is 70.5 Å². The number of carbonyl (C=O) groups is 2. The molecule has 3 unspecified atom stereocenters. The van der Waals surface area contributed by atoms with E-state index in [-0.39, 0.29) is 24.3 Å². The van der Waals surface area contributed by atoms with Crippen LogP contribution in [-0.4, -0.2) is 33.4 Å². The van der Waals surface area contributed by atoms with E-state index < -0.39 is 11.4 Å². The molecule has 36 heavy (non-hydrogen) atoms. The van der Waals surface area contributed by atoms with Crippen LogP contribution in [0.1, 0.15) is 55.0 Å². The maximum absolute atomic E-state index is 13.9. The molecule has 1 aromatic heterocycles. The lowest BCUT2D eigenvalue weighted by molar-refractivity contribution is -0.157. The summed E-state index contributed by atoms with van der Waals surface area (Å²) in [4.78, 5) is 32.0. The normalized spacial score (nSPS) is 22.0. The second-order valence-electron chi connectivity index (χ2n) is 9.55. The van der Waals surface area contributed by atoms with E-state index in [0.717, 1.165) is 16.8 Å². The van der Waals surface area contributed by atoms with Gasteiger partial charge in [-0.25, -0.2) is 4.98 Å². The van der Waals surface area contributed by atoms with Crippen molar-refractivity contribution in [2.75, 3.05) is 6.54 Å². The molecule has 0 saturated carbocycles. The molecule has 3 aromatic rings. The molecule has 0 aliphatic carbocycles. The fourth-order valence-corrected chi connectivity index (χ4v) is 5.73. The van der Waals surface area contributed by atoms with Crippen LogP contribution in [0.15, 0.2) is 66.7 Å². The molecule has 1 aliphatic heterocycles. The van der Waals surface area contributed by atoms with E-state index in [1.54, 1.807) is 13.0 Å². The van der Waals surface area contributed by atoms with Crippen molar-refractivity contribution in [2.45, 2.75) is 44.6 Å². The van der Waals surface area contributed by atoms with Crippen LogP contribution in [0.3, 0.4) is 0 Å². The van der Waals surface area contributed by atoms with E-state index in [9.17, 15) is 14.7 Å². The van der Waals surface area contributed by atoms with Crippen molar-refractivity contribution in [3.8, 4) is 0 Å². The number of hydrogen-bond donors (Lipinski definition) is 1. The van der Waals surface area contributed by atoms with Gasteiger partial charge in [0.1, 0.15) is 5.15 Å². The number of aromatic nitrogens is 1. The number of pyridine rings is 1. The number of carboxylic acids is 1. The molecule has 1 fully saturated rings. The van der Waals surface area contributed by atoms with Gasteiger partial charge in [-0.15, -0.1) is 0 Å². The number of aliphatic carboxylic acids is 1. The van der Waals surface area contributed by atoms with Gasteiger partial charge < -0.3 is 10.0 Å². The molecule has 4 rings (SSSR count). The SMILES string of the molecule is CC1(CC(=O)O)CC(c2cccc(Cl)c2)C(c2ccc(Cl)cc2)N(CCCc2cccc(Cl)n2)C1=O. The van der Waals surface area contributed by atoms with Crippen LogP contribution in [0.2, 0.25) is 15.2 Å². The Morgan fingerprint density at radius 2 is 1.75 bits per heavy atom. The first-order chi connectivity index (χ1) is 17.2. The summed E-state index contributed by atoms with van der Waals surface area (Å²) in [5.41, 5.74) is 1.69. The molecule has 1 N–H and O–H groups in total. The Morgan fingerprint density at radius 1 is 1.03 bits per heavy atom. The van der Waals surface area contributed by atoms with Crippen molar-refractivity contribution in [3.05, 3.63) is 98.7 Å². The minimum Gasteiger partial charge on any atom is -0.481 e. The Kier molecular flexibility index (Phi) is 8.23. The summed E-state index contributed by atoms with van der Waals surface area (Å²) in [5.74, 6) is -1.32. The molecule has 8 heteroatoms. The van der Waals surface area contributed by atoms with Crippen LogP contribution in [-0.2, 0) is 16.0 Å². The summed E-state index contributed by atoms with van der Waals surface area (Å²) in [6.45, 7) is 2.19. The molecule has 5 nitrogen and oxygen atoms in total. The van der Waals surface area contributed by atoms with Crippen molar-refractivity contribution in [3.63, 3.8) is 0 Å². The van der Waals surface area contributed by atoms with Gasteiger partial charge in [0.25, 0.3) is 0 Å². The maximum Gasteiger partial charge on any atom is 0.304 e. The Labute approximate surface area is 226 Å². The van der Waals surface area contributed by atoms with Crippen molar-refractivity contribution in [2.24, 2.45) is 5.41 Å². The second-order valence-corrected chi connectivity index (χ2v) is 10.8. The van der Waals surface area contributed by atoms with Crippen LogP contribution in [0.5, 0.6) is 0 Å². The number of hydrogen-bond acceptors (Lipinski definition) is 3. The fourth-order valence-electron chi connectivity index (χ4n) is 5.23. The van der Waals surface area contributed by atoms with E-state index in [2.05, 4.69) is 4.98 Å². The summed E-state index contributed by atoms with van der Waals surface area (Å²) < 4.78 is 0. The fraction of sp³-hybridized carbons (Fsp3) is 0.321. The molecule has 0 radical (unpaired) electrons. The highest BCUT2D eigenvalue weighted by Gasteiger charge is 2.50. The Bertz CT molecular complexity index is 1250. The molecule has 2 aromatic carbocycles. The average Bonchev–Trinajstić information content (AvgIpc) is 2.82. The Hall–Kier alpha value is -2.60. The number of piperidine rings is 1. The summed E-state index contributed by atoms with van der Waals surface area (Å²) in [5, 5.41) is 11.3. The van der Waals surface area contributed by atoms with Gasteiger partial charge in [0.2, 0.25) is 5.91 Å². The minimum atomic E-state index is -1.06. The van der Waals surface area contributed by atoms with E-state index in [1.807, 2.05) is 65.6 Å². The van der Waals surface area contributed by atoms with Crippen LogP contribution >= 0.6 is 34.8 Å². The molecule has 0 spiro atoms. The first-order valence-electron chi connectivity index (χ1n) is 11.8. The first kappa shape index (κ1) is 26.5. The quantitative estimate of drug-likeness (QED) is 0.304. The number of amides is 1. The van der Waals surface area contributed by atoms with Crippen LogP contribution < -0.4 is 0 Å². The van der Waals surface area contributed by atoms with Crippen molar-refractivity contribution >= 4 is 46.7 Å². The molecule has 3 atom stereocenters. The molecule has 1 amide bonds. The van der Waals surface area contributed by atoms with Gasteiger partial charge in [-0.1, -0.05) is 72.1 Å². The molecular weight excluding hydrogens is 519 g/mol. The number of carbonyl (C=O) groups excluding carboxylic acids is 1. The zero-order valence-corrected chi connectivity index (χ0v) is 22.1. The van der Waals surface area contributed by atoms with Gasteiger partial charge in [-0.3, -0.25) is 9.59 Å². The highest BCUT2D eigenvalue weighted by Crippen LogP contribution is 2.51. The number of aryl methyl sites for hydroxylation is 1. The molecule has 2 heterocycles. The average molecular weight is 546 g/mol. The molecule has 1 saturated heterocycles. The number of carboxylic acid groups (broad SMARTS) is 1.